The quantitative estimate of drug-likeness (QED) is 0.632. The smallest absolute Gasteiger partial charge is 0.287 e. The maximum absolute atomic E-state index is 12.6. The fraction of sp³-hybridized carbons (Fsp3) is 0.273. The molecule has 1 unspecified atom stereocenters. The molecule has 3 aromatic rings. The summed E-state index contributed by atoms with van der Waals surface area (Å²) >= 11 is 6.34. The molecule has 2 aromatic carbocycles. The van der Waals surface area contributed by atoms with Crippen molar-refractivity contribution in [2.45, 2.75) is 19.0 Å². The maximum atomic E-state index is 12.6. The zero-order valence-electron chi connectivity index (χ0n) is 16.2. The lowest BCUT2D eigenvalue weighted by Gasteiger charge is -2.25. The molecule has 146 valence electrons. The van der Waals surface area contributed by atoms with Gasteiger partial charge in [-0.1, -0.05) is 72.3 Å². The molecule has 0 saturated heterocycles. The molecule has 0 amide bonds. The van der Waals surface area contributed by atoms with Crippen LogP contribution in [0.25, 0.3) is 0 Å². The molecule has 0 bridgehead atoms. The fourth-order valence-corrected chi connectivity index (χ4v) is 3.22. The van der Waals surface area contributed by atoms with E-state index >= 15 is 0 Å². The van der Waals surface area contributed by atoms with E-state index < -0.39 is 0 Å². The van der Waals surface area contributed by atoms with Gasteiger partial charge in [-0.25, -0.2) is 4.68 Å². The van der Waals surface area contributed by atoms with Gasteiger partial charge in [-0.2, -0.15) is 5.10 Å². The van der Waals surface area contributed by atoms with Crippen LogP contribution < -0.4 is 10.9 Å². The van der Waals surface area contributed by atoms with E-state index in [1.165, 1.54) is 10.2 Å². The van der Waals surface area contributed by atoms with E-state index in [2.05, 4.69) is 27.4 Å². The van der Waals surface area contributed by atoms with Crippen LogP contribution in [0.2, 0.25) is 5.02 Å². The summed E-state index contributed by atoms with van der Waals surface area (Å²) in [6.45, 7) is 1.05. The van der Waals surface area contributed by atoms with Crippen molar-refractivity contribution in [1.29, 1.82) is 0 Å². The second kappa shape index (κ2) is 9.53. The molecule has 1 aromatic heterocycles. The van der Waals surface area contributed by atoms with Crippen LogP contribution in [0.3, 0.4) is 0 Å². The SMILES string of the molecule is CN(C)C(CNc1cnn(Cc2ccccc2)c(=O)c1Cl)Cc1ccccc1. The van der Waals surface area contributed by atoms with E-state index in [1.807, 2.05) is 62.6 Å². The first-order chi connectivity index (χ1) is 13.5. The lowest BCUT2D eigenvalue weighted by Crippen LogP contribution is -2.37. The molecule has 1 N–H and O–H groups in total. The van der Waals surface area contributed by atoms with Gasteiger partial charge in [0.05, 0.1) is 18.4 Å². The minimum atomic E-state index is -0.292. The predicted molar refractivity (Wildman–Crippen MR) is 115 cm³/mol. The average molecular weight is 397 g/mol. The second-order valence-electron chi connectivity index (χ2n) is 7.01. The monoisotopic (exact) mass is 396 g/mol. The van der Waals surface area contributed by atoms with E-state index in [-0.39, 0.29) is 16.6 Å². The Hall–Kier alpha value is -2.63. The van der Waals surface area contributed by atoms with Crippen molar-refractivity contribution in [3.63, 3.8) is 0 Å². The predicted octanol–water partition coefficient (Wildman–Crippen LogP) is 3.53. The Morgan fingerprint density at radius 2 is 1.64 bits per heavy atom. The van der Waals surface area contributed by atoms with Crippen LogP contribution >= 0.6 is 11.6 Å². The molecule has 0 spiro atoms. The summed E-state index contributed by atoms with van der Waals surface area (Å²) in [4.78, 5) is 14.7. The van der Waals surface area contributed by atoms with Crippen LogP contribution in [0.1, 0.15) is 11.1 Å². The Balaban J connectivity index is 1.69. The lowest BCUT2D eigenvalue weighted by molar-refractivity contribution is 0.303. The van der Waals surface area contributed by atoms with Gasteiger partial charge >= 0.3 is 0 Å². The highest BCUT2D eigenvalue weighted by Crippen LogP contribution is 2.17. The van der Waals surface area contributed by atoms with Gasteiger partial charge in [0.25, 0.3) is 5.56 Å². The minimum Gasteiger partial charge on any atom is -0.381 e. The number of anilines is 1. The number of rotatable bonds is 8. The Labute approximate surface area is 170 Å². The van der Waals surface area contributed by atoms with Crippen LogP contribution in [0.4, 0.5) is 5.69 Å². The average Bonchev–Trinajstić information content (AvgIpc) is 2.71. The topological polar surface area (TPSA) is 50.2 Å². The third-order valence-electron chi connectivity index (χ3n) is 4.73. The van der Waals surface area contributed by atoms with Crippen molar-refractivity contribution in [2.24, 2.45) is 0 Å². The zero-order valence-corrected chi connectivity index (χ0v) is 16.9. The molecule has 3 rings (SSSR count). The molecule has 1 atom stereocenters. The Bertz CT molecular complexity index is 942. The third kappa shape index (κ3) is 5.21. The molecular formula is C22H25ClN4O. The molecule has 5 nitrogen and oxygen atoms in total. The highest BCUT2D eigenvalue weighted by molar-refractivity contribution is 6.32. The molecule has 0 saturated carbocycles. The summed E-state index contributed by atoms with van der Waals surface area (Å²) in [6.07, 6.45) is 2.53. The summed E-state index contributed by atoms with van der Waals surface area (Å²) in [5.74, 6) is 0. The van der Waals surface area contributed by atoms with Gasteiger partial charge in [0, 0.05) is 12.6 Å². The standard InChI is InChI=1S/C22H25ClN4O/c1-26(2)19(13-17-9-5-3-6-10-17)14-24-20-15-25-27(22(28)21(20)23)16-18-11-7-4-8-12-18/h3-12,15,19,24H,13-14,16H2,1-2H3. The number of hydrogen-bond donors (Lipinski definition) is 1. The van der Waals surface area contributed by atoms with E-state index in [9.17, 15) is 4.79 Å². The van der Waals surface area contributed by atoms with Gasteiger partial charge in [-0.3, -0.25) is 4.79 Å². The van der Waals surface area contributed by atoms with E-state index in [0.29, 0.717) is 18.8 Å². The van der Waals surface area contributed by atoms with Gasteiger partial charge in [0.15, 0.2) is 0 Å². The van der Waals surface area contributed by atoms with Crippen LogP contribution in [-0.2, 0) is 13.0 Å². The molecule has 0 aliphatic heterocycles. The van der Waals surface area contributed by atoms with Crippen molar-refractivity contribution in [1.82, 2.24) is 14.7 Å². The first-order valence-electron chi connectivity index (χ1n) is 9.28. The third-order valence-corrected chi connectivity index (χ3v) is 5.10. The number of hydrogen-bond acceptors (Lipinski definition) is 4. The first kappa shape index (κ1) is 20.1. The van der Waals surface area contributed by atoms with E-state index in [4.69, 9.17) is 11.6 Å². The molecule has 6 heteroatoms. The van der Waals surface area contributed by atoms with Gasteiger partial charge in [0.1, 0.15) is 5.02 Å². The van der Waals surface area contributed by atoms with Gasteiger partial charge < -0.3 is 10.2 Å². The summed E-state index contributed by atoms with van der Waals surface area (Å²) < 4.78 is 1.39. The molecule has 0 aliphatic rings. The molecular weight excluding hydrogens is 372 g/mol. The van der Waals surface area contributed by atoms with E-state index in [1.54, 1.807) is 6.20 Å². The maximum Gasteiger partial charge on any atom is 0.287 e. The Morgan fingerprint density at radius 1 is 1.04 bits per heavy atom. The fourth-order valence-electron chi connectivity index (χ4n) is 3.01. The number of benzene rings is 2. The number of halogens is 1. The minimum absolute atomic E-state index is 0.170. The summed E-state index contributed by atoms with van der Waals surface area (Å²) in [7, 11) is 4.10. The summed E-state index contributed by atoms with van der Waals surface area (Å²) in [5.41, 5.74) is 2.55. The highest BCUT2D eigenvalue weighted by atomic mass is 35.5. The lowest BCUT2D eigenvalue weighted by atomic mass is 10.1. The summed E-state index contributed by atoms with van der Waals surface area (Å²) in [6, 6.07) is 20.3. The van der Waals surface area contributed by atoms with Crippen LogP contribution in [-0.4, -0.2) is 41.4 Å². The van der Waals surface area contributed by atoms with E-state index in [0.717, 1.165) is 12.0 Å². The van der Waals surface area contributed by atoms with Gasteiger partial charge in [-0.15, -0.1) is 0 Å². The van der Waals surface area contributed by atoms with Crippen molar-refractivity contribution in [3.8, 4) is 0 Å². The number of likely N-dealkylation sites (N-methyl/N-ethyl adjacent to an activating group) is 1. The van der Waals surface area contributed by atoms with Crippen LogP contribution in [0, 0.1) is 0 Å². The summed E-state index contributed by atoms with van der Waals surface area (Å²) in [5, 5.41) is 7.75. The second-order valence-corrected chi connectivity index (χ2v) is 7.39. The molecule has 0 fully saturated rings. The van der Waals surface area contributed by atoms with Gasteiger partial charge in [0.2, 0.25) is 0 Å². The van der Waals surface area contributed by atoms with Crippen molar-refractivity contribution >= 4 is 17.3 Å². The molecule has 0 aliphatic carbocycles. The van der Waals surface area contributed by atoms with Crippen LogP contribution in [0.5, 0.6) is 0 Å². The van der Waals surface area contributed by atoms with Crippen molar-refractivity contribution in [3.05, 3.63) is 93.4 Å². The molecule has 1 heterocycles. The highest BCUT2D eigenvalue weighted by Gasteiger charge is 2.15. The Morgan fingerprint density at radius 3 is 2.25 bits per heavy atom. The first-order valence-corrected chi connectivity index (χ1v) is 9.66. The molecule has 28 heavy (non-hydrogen) atoms. The number of nitrogens with one attached hydrogen (secondary N) is 1. The van der Waals surface area contributed by atoms with Crippen molar-refractivity contribution < 1.29 is 0 Å². The Kier molecular flexibility index (Phi) is 6.85. The molecule has 0 radical (unpaired) electrons. The van der Waals surface area contributed by atoms with Crippen molar-refractivity contribution in [2.75, 3.05) is 26.0 Å². The normalized spacial score (nSPS) is 12.1. The number of aromatic nitrogens is 2. The largest absolute Gasteiger partial charge is 0.381 e. The zero-order chi connectivity index (χ0) is 19.9. The van der Waals surface area contributed by atoms with Gasteiger partial charge in [-0.05, 0) is 31.6 Å². The van der Waals surface area contributed by atoms with Crippen LogP contribution in [0.15, 0.2) is 71.7 Å². The number of nitrogens with zero attached hydrogens (tertiary/aromatic N) is 3.